The zero-order chi connectivity index (χ0) is 14.8. The maximum Gasteiger partial charge on any atom is 0.263 e. The average Bonchev–Trinajstić information content (AvgIpc) is 2.45. The molecule has 0 aliphatic carbocycles. The number of rotatable bonds is 9. The molecule has 0 unspecified atom stereocenters. The van der Waals surface area contributed by atoms with Crippen molar-refractivity contribution >= 4 is 23.5 Å². The van der Waals surface area contributed by atoms with Gasteiger partial charge in [-0.05, 0) is 18.4 Å². The molecule has 20 heavy (non-hydrogen) atoms. The largest absolute Gasteiger partial charge is 0.495 e. The molecule has 1 rings (SSSR count). The van der Waals surface area contributed by atoms with Gasteiger partial charge in [-0.2, -0.15) is 11.8 Å². The Kier molecular flexibility index (Phi) is 7.89. The number of nitrogens with one attached hydrogen (secondary N) is 1. The van der Waals surface area contributed by atoms with Crippen LogP contribution in [0.2, 0.25) is 0 Å². The van der Waals surface area contributed by atoms with E-state index in [9.17, 15) is 10.1 Å². The van der Waals surface area contributed by atoms with Crippen LogP contribution in [0.5, 0.6) is 5.75 Å². The molecule has 0 saturated heterocycles. The van der Waals surface area contributed by atoms with Crippen molar-refractivity contribution in [1.82, 2.24) is 10.3 Å². The Bertz CT molecular complexity index is 469. The van der Waals surface area contributed by atoms with E-state index in [4.69, 9.17) is 4.74 Å². The summed E-state index contributed by atoms with van der Waals surface area (Å²) in [6, 6.07) is 3.72. The molecule has 0 aliphatic heterocycles. The van der Waals surface area contributed by atoms with Crippen molar-refractivity contribution in [2.24, 2.45) is 0 Å². The number of aromatic nitrogens is 1. The molecule has 0 aromatic carbocycles. The van der Waals surface area contributed by atoms with Crippen molar-refractivity contribution < 1.29 is 9.66 Å². The lowest BCUT2D eigenvalue weighted by molar-refractivity contribution is -0.403. The second-order valence-corrected chi connectivity index (χ2v) is 5.57. The predicted molar refractivity (Wildman–Crippen MR) is 83.5 cm³/mol. The van der Waals surface area contributed by atoms with E-state index in [1.165, 1.54) is 11.8 Å². The highest BCUT2D eigenvalue weighted by atomic mass is 32.2. The molecule has 0 atom stereocenters. The van der Waals surface area contributed by atoms with Gasteiger partial charge < -0.3 is 10.1 Å². The first-order valence-electron chi connectivity index (χ1n) is 5.86. The van der Waals surface area contributed by atoms with Crippen molar-refractivity contribution in [2.75, 3.05) is 25.7 Å². The Labute approximate surface area is 126 Å². The zero-order valence-corrected chi connectivity index (χ0v) is 13.0. The van der Waals surface area contributed by atoms with Crippen LogP contribution in [0.3, 0.4) is 0 Å². The molecular weight excluding hydrogens is 298 g/mol. The lowest BCUT2D eigenvalue weighted by Crippen LogP contribution is -2.15. The molecule has 1 N–H and O–H groups in total. The van der Waals surface area contributed by atoms with Crippen molar-refractivity contribution in [3.05, 3.63) is 45.4 Å². The first-order chi connectivity index (χ1) is 9.67. The number of methoxy groups -OCH3 is 1. The third-order valence-corrected chi connectivity index (χ3v) is 3.96. The Balaban J connectivity index is 2.30. The van der Waals surface area contributed by atoms with Gasteiger partial charge in [0.2, 0.25) is 0 Å². The Morgan fingerprint density at radius 2 is 2.45 bits per heavy atom. The molecule has 0 aliphatic rings. The summed E-state index contributed by atoms with van der Waals surface area (Å²) in [6.45, 7) is 0.667. The maximum absolute atomic E-state index is 10.4. The summed E-state index contributed by atoms with van der Waals surface area (Å²) in [4.78, 5) is 14.2. The van der Waals surface area contributed by atoms with E-state index in [0.29, 0.717) is 11.6 Å². The number of nitrogens with zero attached hydrogens (tertiary/aromatic N) is 2. The highest BCUT2D eigenvalue weighted by Crippen LogP contribution is 2.20. The van der Waals surface area contributed by atoms with Crippen LogP contribution >= 0.6 is 23.5 Å². The van der Waals surface area contributed by atoms with E-state index in [1.807, 2.05) is 12.1 Å². The molecule has 8 heteroatoms. The monoisotopic (exact) mass is 315 g/mol. The third-order valence-electron chi connectivity index (χ3n) is 2.30. The van der Waals surface area contributed by atoms with E-state index in [0.717, 1.165) is 29.1 Å². The fraction of sp³-hybridized carbons (Fsp3) is 0.417. The first kappa shape index (κ1) is 16.6. The zero-order valence-electron chi connectivity index (χ0n) is 11.4. The van der Waals surface area contributed by atoms with Crippen LogP contribution in [0, 0.1) is 10.1 Å². The van der Waals surface area contributed by atoms with Crippen LogP contribution < -0.4 is 10.1 Å². The molecule has 1 aromatic heterocycles. The van der Waals surface area contributed by atoms with Gasteiger partial charge in [-0.25, -0.2) is 0 Å². The molecule has 6 nitrogen and oxygen atoms in total. The van der Waals surface area contributed by atoms with Crippen molar-refractivity contribution in [1.29, 1.82) is 0 Å². The first-order valence-corrected chi connectivity index (χ1v) is 8.24. The van der Waals surface area contributed by atoms with E-state index in [-0.39, 0.29) is 0 Å². The molecule has 1 aromatic rings. The summed E-state index contributed by atoms with van der Waals surface area (Å²) in [5, 5.41) is 13.9. The van der Waals surface area contributed by atoms with Gasteiger partial charge >= 0.3 is 0 Å². The van der Waals surface area contributed by atoms with Crippen LogP contribution in [0.1, 0.15) is 5.69 Å². The molecule has 0 spiro atoms. The quantitative estimate of drug-likeness (QED) is 0.426. The predicted octanol–water partition coefficient (Wildman–Crippen LogP) is 2.35. The van der Waals surface area contributed by atoms with Gasteiger partial charge in [-0.1, -0.05) is 0 Å². The number of thioether (sulfide) groups is 2. The fourth-order valence-electron chi connectivity index (χ4n) is 1.40. The smallest absolute Gasteiger partial charge is 0.263 e. The van der Waals surface area contributed by atoms with Gasteiger partial charge in [0.15, 0.2) is 0 Å². The van der Waals surface area contributed by atoms with Gasteiger partial charge in [0, 0.05) is 24.2 Å². The summed E-state index contributed by atoms with van der Waals surface area (Å²) in [7, 11) is 1.62. The maximum atomic E-state index is 10.4. The minimum atomic E-state index is -0.454. The summed E-state index contributed by atoms with van der Waals surface area (Å²) in [6.07, 6.45) is 4.52. The second-order valence-electron chi connectivity index (χ2n) is 3.61. The Morgan fingerprint density at radius 1 is 1.65 bits per heavy atom. The SMILES string of the molecule is COc1cccnc1CSCCNC(=C[N+](=O)[O-])SC. The van der Waals surface area contributed by atoms with Crippen LogP contribution in [0.25, 0.3) is 0 Å². The van der Waals surface area contributed by atoms with Crippen molar-refractivity contribution in [3.63, 3.8) is 0 Å². The molecule has 0 radical (unpaired) electrons. The molecule has 0 fully saturated rings. The van der Waals surface area contributed by atoms with E-state index in [1.54, 1.807) is 31.3 Å². The van der Waals surface area contributed by atoms with Gasteiger partial charge in [0.1, 0.15) is 10.8 Å². The number of nitro groups is 1. The molecule has 0 bridgehead atoms. The normalized spacial score (nSPS) is 11.2. The lowest BCUT2D eigenvalue weighted by Gasteiger charge is -2.08. The standard InChI is InChI=1S/C12H17N3O3S2/c1-18-11-4-3-5-13-10(11)9-20-7-6-14-12(19-2)8-15(16)17/h3-5,8,14H,6-7,9H2,1-2H3. The Hall–Kier alpha value is -1.41. The summed E-state index contributed by atoms with van der Waals surface area (Å²) < 4.78 is 5.22. The van der Waals surface area contributed by atoms with Gasteiger partial charge in [0.25, 0.3) is 6.20 Å². The lowest BCUT2D eigenvalue weighted by atomic mass is 10.3. The highest BCUT2D eigenvalue weighted by Gasteiger charge is 2.04. The molecular formula is C12H17N3O3S2. The minimum Gasteiger partial charge on any atom is -0.495 e. The number of hydrogen-bond donors (Lipinski definition) is 1. The molecule has 110 valence electrons. The van der Waals surface area contributed by atoms with Crippen LogP contribution in [-0.4, -0.2) is 35.6 Å². The molecule has 0 saturated carbocycles. The van der Waals surface area contributed by atoms with E-state index >= 15 is 0 Å². The highest BCUT2D eigenvalue weighted by molar-refractivity contribution is 8.02. The molecule has 0 amide bonds. The number of ether oxygens (including phenoxy) is 1. The van der Waals surface area contributed by atoms with Gasteiger partial charge in [-0.15, -0.1) is 11.8 Å². The summed E-state index contributed by atoms with van der Waals surface area (Å²) >= 11 is 3.02. The Morgan fingerprint density at radius 3 is 3.10 bits per heavy atom. The average molecular weight is 315 g/mol. The molecule has 1 heterocycles. The van der Waals surface area contributed by atoms with E-state index < -0.39 is 4.92 Å². The van der Waals surface area contributed by atoms with Gasteiger partial charge in [-0.3, -0.25) is 15.1 Å². The number of hydrogen-bond acceptors (Lipinski definition) is 7. The third kappa shape index (κ3) is 6.16. The van der Waals surface area contributed by atoms with Crippen molar-refractivity contribution in [3.8, 4) is 5.75 Å². The minimum absolute atomic E-state index is 0.454. The topological polar surface area (TPSA) is 77.3 Å². The summed E-state index contributed by atoms with van der Waals surface area (Å²) in [5.74, 6) is 2.36. The number of pyridine rings is 1. The van der Waals surface area contributed by atoms with Gasteiger partial charge in [0.05, 0.1) is 17.7 Å². The van der Waals surface area contributed by atoms with Crippen LogP contribution in [0.4, 0.5) is 0 Å². The van der Waals surface area contributed by atoms with Crippen molar-refractivity contribution in [2.45, 2.75) is 5.75 Å². The van der Waals surface area contributed by atoms with Crippen LogP contribution in [-0.2, 0) is 5.75 Å². The summed E-state index contributed by atoms with van der Waals surface area (Å²) in [5.41, 5.74) is 0.908. The van der Waals surface area contributed by atoms with Crippen LogP contribution in [0.15, 0.2) is 29.6 Å². The fourth-order valence-corrected chi connectivity index (χ4v) is 2.64. The second kappa shape index (κ2) is 9.49. The van der Waals surface area contributed by atoms with E-state index in [2.05, 4.69) is 10.3 Å².